The molecular weight excluding hydrogens is 422 g/mol. The molecule has 1 aromatic heterocycles. The molecule has 0 unspecified atom stereocenters. The molecule has 1 heterocycles. The van der Waals surface area contributed by atoms with Gasteiger partial charge in [0.15, 0.2) is 5.43 Å². The SMILES string of the molecule is CCN(CCCN(Cc1c[nH]c2ccccc2c1=O)C(=O)OC(C)(C)C)C(=O)OC(C)(C)C. The number of amides is 2. The van der Waals surface area contributed by atoms with Crippen LogP contribution in [0.3, 0.4) is 0 Å². The van der Waals surface area contributed by atoms with Crippen molar-refractivity contribution in [3.05, 3.63) is 46.2 Å². The van der Waals surface area contributed by atoms with Gasteiger partial charge in [0.25, 0.3) is 0 Å². The van der Waals surface area contributed by atoms with Gasteiger partial charge in [-0.15, -0.1) is 0 Å². The maximum absolute atomic E-state index is 13.0. The molecule has 0 saturated heterocycles. The van der Waals surface area contributed by atoms with Gasteiger partial charge in [-0.05, 0) is 67.0 Å². The van der Waals surface area contributed by atoms with E-state index in [1.165, 1.54) is 4.90 Å². The van der Waals surface area contributed by atoms with Crippen molar-refractivity contribution in [3.8, 4) is 0 Å². The molecule has 0 radical (unpaired) electrons. The molecule has 2 rings (SSSR count). The summed E-state index contributed by atoms with van der Waals surface area (Å²) >= 11 is 0. The number of H-pyrrole nitrogens is 1. The average Bonchev–Trinajstić information content (AvgIpc) is 2.69. The number of rotatable bonds is 7. The van der Waals surface area contributed by atoms with Crippen LogP contribution >= 0.6 is 0 Å². The van der Waals surface area contributed by atoms with E-state index in [2.05, 4.69) is 4.98 Å². The summed E-state index contributed by atoms with van der Waals surface area (Å²) in [4.78, 5) is 44.5. The summed E-state index contributed by atoms with van der Waals surface area (Å²) in [5, 5.41) is 0.571. The summed E-state index contributed by atoms with van der Waals surface area (Å²) in [5.74, 6) is 0. The van der Waals surface area contributed by atoms with E-state index in [9.17, 15) is 14.4 Å². The van der Waals surface area contributed by atoms with Crippen LogP contribution in [0, 0.1) is 0 Å². The van der Waals surface area contributed by atoms with Crippen molar-refractivity contribution in [1.82, 2.24) is 14.8 Å². The summed E-state index contributed by atoms with van der Waals surface area (Å²) in [6.45, 7) is 14.1. The number of benzene rings is 1. The first-order chi connectivity index (χ1) is 15.3. The minimum Gasteiger partial charge on any atom is -0.444 e. The Kier molecular flexibility index (Phi) is 8.52. The largest absolute Gasteiger partial charge is 0.444 e. The molecule has 0 aliphatic rings. The lowest BCUT2D eigenvalue weighted by Crippen LogP contribution is -2.41. The lowest BCUT2D eigenvalue weighted by molar-refractivity contribution is 0.0199. The Morgan fingerprint density at radius 1 is 0.909 bits per heavy atom. The van der Waals surface area contributed by atoms with Gasteiger partial charge in [0.05, 0.1) is 6.54 Å². The van der Waals surface area contributed by atoms with Crippen molar-refractivity contribution in [2.24, 2.45) is 0 Å². The number of aromatic nitrogens is 1. The van der Waals surface area contributed by atoms with Gasteiger partial charge in [0.2, 0.25) is 0 Å². The van der Waals surface area contributed by atoms with E-state index >= 15 is 0 Å². The van der Waals surface area contributed by atoms with E-state index in [1.807, 2.05) is 45.9 Å². The normalized spacial score (nSPS) is 11.8. The van der Waals surface area contributed by atoms with Crippen LogP contribution in [0.15, 0.2) is 35.3 Å². The fourth-order valence-corrected chi connectivity index (χ4v) is 3.25. The Hall–Kier alpha value is -3.03. The molecule has 182 valence electrons. The van der Waals surface area contributed by atoms with Crippen LogP contribution < -0.4 is 5.43 Å². The van der Waals surface area contributed by atoms with Crippen molar-refractivity contribution in [1.29, 1.82) is 0 Å². The minimum atomic E-state index is -0.670. The second-order valence-electron chi connectivity index (χ2n) is 10.0. The van der Waals surface area contributed by atoms with Crippen molar-refractivity contribution >= 4 is 23.1 Å². The predicted octanol–water partition coefficient (Wildman–Crippen LogP) is 4.91. The van der Waals surface area contributed by atoms with Crippen LogP contribution in [0.1, 0.15) is 60.5 Å². The molecule has 2 amide bonds. The van der Waals surface area contributed by atoms with Crippen molar-refractivity contribution < 1.29 is 19.1 Å². The number of ether oxygens (including phenoxy) is 2. The molecule has 0 atom stereocenters. The molecule has 33 heavy (non-hydrogen) atoms. The molecule has 0 spiro atoms. The highest BCUT2D eigenvalue weighted by Crippen LogP contribution is 2.15. The third-order valence-electron chi connectivity index (χ3n) is 4.77. The molecule has 0 aliphatic carbocycles. The van der Waals surface area contributed by atoms with Crippen molar-refractivity contribution in [2.75, 3.05) is 19.6 Å². The van der Waals surface area contributed by atoms with E-state index in [0.717, 1.165) is 5.52 Å². The molecule has 2 aromatic rings. The van der Waals surface area contributed by atoms with Crippen LogP contribution in [-0.4, -0.2) is 57.8 Å². The van der Waals surface area contributed by atoms with Crippen molar-refractivity contribution in [2.45, 2.75) is 72.6 Å². The van der Waals surface area contributed by atoms with Crippen LogP contribution in [0.25, 0.3) is 10.9 Å². The highest BCUT2D eigenvalue weighted by Gasteiger charge is 2.25. The standard InChI is InChI=1S/C25H37N3O5/c1-8-27(22(30)32-24(2,3)4)14-11-15-28(23(31)33-25(5,6)7)17-18-16-26-20-13-10-9-12-19(20)21(18)29/h9-10,12-13,16H,8,11,14-15,17H2,1-7H3,(H,26,29). The first-order valence-electron chi connectivity index (χ1n) is 11.4. The summed E-state index contributed by atoms with van der Waals surface area (Å²) < 4.78 is 11.0. The average molecular weight is 460 g/mol. The molecule has 0 fully saturated rings. The van der Waals surface area contributed by atoms with Crippen LogP contribution in [0.5, 0.6) is 0 Å². The number of hydrogen-bond donors (Lipinski definition) is 1. The maximum atomic E-state index is 13.0. The first kappa shape index (κ1) is 26.2. The monoisotopic (exact) mass is 459 g/mol. The van der Waals surface area contributed by atoms with Gasteiger partial charge in [0.1, 0.15) is 11.2 Å². The van der Waals surface area contributed by atoms with Gasteiger partial charge < -0.3 is 24.3 Å². The zero-order valence-electron chi connectivity index (χ0n) is 20.9. The Morgan fingerprint density at radius 2 is 1.45 bits per heavy atom. The predicted molar refractivity (Wildman–Crippen MR) is 129 cm³/mol. The number of nitrogens with one attached hydrogen (secondary N) is 1. The van der Waals surface area contributed by atoms with E-state index in [0.29, 0.717) is 37.0 Å². The molecule has 0 bridgehead atoms. The number of nitrogens with zero attached hydrogens (tertiary/aromatic N) is 2. The molecule has 8 nitrogen and oxygen atoms in total. The van der Waals surface area contributed by atoms with Gasteiger partial charge in [-0.25, -0.2) is 9.59 Å². The minimum absolute atomic E-state index is 0.105. The number of carbonyl (C=O) groups is 2. The number of hydrogen-bond acceptors (Lipinski definition) is 5. The topological polar surface area (TPSA) is 91.9 Å². The molecule has 1 N–H and O–H groups in total. The molecule has 8 heteroatoms. The summed E-state index contributed by atoms with van der Waals surface area (Å²) in [5.41, 5.74) is -0.159. The number of aromatic amines is 1. The second kappa shape index (κ2) is 10.7. The zero-order chi connectivity index (χ0) is 24.8. The number of fused-ring (bicyclic) bond motifs is 1. The Balaban J connectivity index is 2.16. The third-order valence-corrected chi connectivity index (χ3v) is 4.77. The van der Waals surface area contributed by atoms with Gasteiger partial charge >= 0.3 is 12.2 Å². The highest BCUT2D eigenvalue weighted by molar-refractivity contribution is 5.78. The van der Waals surface area contributed by atoms with E-state index in [-0.39, 0.29) is 18.1 Å². The van der Waals surface area contributed by atoms with Crippen LogP contribution in [-0.2, 0) is 16.0 Å². The summed E-state index contributed by atoms with van der Waals surface area (Å²) in [6, 6.07) is 7.26. The smallest absolute Gasteiger partial charge is 0.410 e. The number of carbonyl (C=O) groups excluding carboxylic acids is 2. The lowest BCUT2D eigenvalue weighted by atomic mass is 10.1. The quantitative estimate of drug-likeness (QED) is 0.635. The molecule has 1 aromatic carbocycles. The van der Waals surface area contributed by atoms with Gasteiger partial charge in [0, 0.05) is 42.3 Å². The second-order valence-corrected chi connectivity index (χ2v) is 10.0. The van der Waals surface area contributed by atoms with E-state index in [1.54, 1.807) is 37.9 Å². The summed E-state index contributed by atoms with van der Waals surface area (Å²) in [6.07, 6.45) is 1.26. The lowest BCUT2D eigenvalue weighted by Gasteiger charge is -2.29. The van der Waals surface area contributed by atoms with E-state index in [4.69, 9.17) is 9.47 Å². The molecule has 0 saturated carbocycles. The van der Waals surface area contributed by atoms with Crippen LogP contribution in [0.4, 0.5) is 9.59 Å². The van der Waals surface area contributed by atoms with Gasteiger partial charge in [-0.3, -0.25) is 4.79 Å². The Bertz CT molecular complexity index is 1020. The molecule has 0 aliphatic heterocycles. The summed E-state index contributed by atoms with van der Waals surface area (Å²) in [7, 11) is 0. The highest BCUT2D eigenvalue weighted by atomic mass is 16.6. The zero-order valence-corrected chi connectivity index (χ0v) is 20.9. The third kappa shape index (κ3) is 8.11. The van der Waals surface area contributed by atoms with Gasteiger partial charge in [-0.1, -0.05) is 12.1 Å². The Labute approximate surface area is 195 Å². The first-order valence-corrected chi connectivity index (χ1v) is 11.4. The fraction of sp³-hybridized carbons (Fsp3) is 0.560. The van der Waals surface area contributed by atoms with Crippen LogP contribution in [0.2, 0.25) is 0 Å². The van der Waals surface area contributed by atoms with Crippen molar-refractivity contribution in [3.63, 3.8) is 0 Å². The number of para-hydroxylation sites is 1. The maximum Gasteiger partial charge on any atom is 0.410 e. The van der Waals surface area contributed by atoms with Gasteiger partial charge in [-0.2, -0.15) is 0 Å². The fourth-order valence-electron chi connectivity index (χ4n) is 3.25. The Morgan fingerprint density at radius 3 is 2.03 bits per heavy atom. The number of pyridine rings is 1. The van der Waals surface area contributed by atoms with E-state index < -0.39 is 17.3 Å². The molecular formula is C25H37N3O5.